The van der Waals surface area contributed by atoms with Gasteiger partial charge in [0, 0.05) is 19.1 Å². The lowest BCUT2D eigenvalue weighted by Crippen LogP contribution is -2.42. The van der Waals surface area contributed by atoms with Crippen molar-refractivity contribution in [2.45, 2.75) is 88.9 Å². The van der Waals surface area contributed by atoms with Crippen molar-refractivity contribution in [1.29, 1.82) is 0 Å². The second-order valence-corrected chi connectivity index (χ2v) is 9.42. The van der Waals surface area contributed by atoms with Crippen molar-refractivity contribution in [2.24, 2.45) is 0 Å². The number of hydrogen-bond acceptors (Lipinski definition) is 4. The fraction of sp³-hybridized carbons (Fsp3) is 0.680. The summed E-state index contributed by atoms with van der Waals surface area (Å²) in [5.41, 5.74) is 1.14. The minimum atomic E-state index is -0.0940. The second kappa shape index (κ2) is 11.1. The van der Waals surface area contributed by atoms with Crippen molar-refractivity contribution in [3.63, 3.8) is 0 Å². The number of nitrogens with zero attached hydrogens (tertiary/aromatic N) is 1. The van der Waals surface area contributed by atoms with Crippen molar-refractivity contribution < 1.29 is 14.3 Å². The van der Waals surface area contributed by atoms with Gasteiger partial charge in [-0.15, -0.1) is 0 Å². The number of amides is 2. The molecular weight excluding hydrogens is 390 g/mol. The number of ether oxygens (including phenoxy) is 1. The lowest BCUT2D eigenvalue weighted by molar-refractivity contribution is -0.118. The molecule has 3 aliphatic rings. The van der Waals surface area contributed by atoms with Crippen molar-refractivity contribution >= 4 is 17.5 Å². The quantitative estimate of drug-likeness (QED) is 0.687. The first-order valence-corrected chi connectivity index (χ1v) is 12.2. The van der Waals surface area contributed by atoms with Crippen LogP contribution >= 0.6 is 0 Å². The first kappa shape index (κ1) is 22.3. The lowest BCUT2D eigenvalue weighted by atomic mass is 9.97. The second-order valence-electron chi connectivity index (χ2n) is 9.42. The third kappa shape index (κ3) is 6.53. The highest BCUT2D eigenvalue weighted by Gasteiger charge is 2.25. The molecule has 6 nitrogen and oxygen atoms in total. The molecule has 1 saturated heterocycles. The lowest BCUT2D eigenvalue weighted by Gasteiger charge is -2.34. The Hall–Kier alpha value is -1.92. The molecule has 2 amide bonds. The fourth-order valence-electron chi connectivity index (χ4n) is 5.19. The number of carbonyl (C=O) groups is 2. The van der Waals surface area contributed by atoms with Crippen molar-refractivity contribution in [2.75, 3.05) is 25.0 Å². The first-order chi connectivity index (χ1) is 15.2. The number of anilines is 1. The SMILES string of the molecule is O=C(CN1CCC(OC2CCCCC2)CC1)Nc1ccccc1C(=O)NC1CCCC1. The summed E-state index contributed by atoms with van der Waals surface area (Å²) < 4.78 is 6.31. The minimum absolute atomic E-state index is 0.0623. The molecule has 0 unspecified atom stereocenters. The minimum Gasteiger partial charge on any atom is -0.375 e. The van der Waals surface area contributed by atoms with Crippen LogP contribution in [0.2, 0.25) is 0 Å². The van der Waals surface area contributed by atoms with Gasteiger partial charge in [-0.3, -0.25) is 14.5 Å². The number of para-hydroxylation sites is 1. The Balaban J connectivity index is 1.23. The van der Waals surface area contributed by atoms with Gasteiger partial charge >= 0.3 is 0 Å². The zero-order chi connectivity index (χ0) is 21.5. The van der Waals surface area contributed by atoms with E-state index in [9.17, 15) is 9.59 Å². The predicted octanol–water partition coefficient (Wildman–Crippen LogP) is 4.11. The number of carbonyl (C=O) groups excluding carboxylic acids is 2. The Morgan fingerprint density at radius 1 is 0.871 bits per heavy atom. The molecule has 170 valence electrons. The largest absolute Gasteiger partial charge is 0.375 e. The summed E-state index contributed by atoms with van der Waals surface area (Å²) in [5.74, 6) is -0.156. The average molecular weight is 428 g/mol. The molecule has 1 aromatic rings. The summed E-state index contributed by atoms with van der Waals surface area (Å²) in [6, 6.07) is 7.56. The van der Waals surface area contributed by atoms with Crippen LogP contribution in [0.3, 0.4) is 0 Å². The van der Waals surface area contributed by atoms with Gasteiger partial charge in [0.05, 0.1) is 30.0 Å². The van der Waals surface area contributed by atoms with E-state index in [1.807, 2.05) is 18.2 Å². The van der Waals surface area contributed by atoms with E-state index in [1.165, 1.54) is 44.9 Å². The van der Waals surface area contributed by atoms with E-state index in [0.717, 1.165) is 38.8 Å². The monoisotopic (exact) mass is 427 g/mol. The van der Waals surface area contributed by atoms with E-state index in [-0.39, 0.29) is 17.9 Å². The molecule has 6 heteroatoms. The normalized spacial score (nSPS) is 21.8. The fourth-order valence-corrected chi connectivity index (χ4v) is 5.19. The van der Waals surface area contributed by atoms with Crippen LogP contribution in [0.15, 0.2) is 24.3 Å². The molecular formula is C25H37N3O3. The van der Waals surface area contributed by atoms with Gasteiger partial charge < -0.3 is 15.4 Å². The number of rotatable bonds is 7. The summed E-state index contributed by atoms with van der Waals surface area (Å²) in [6.07, 6.45) is 13.5. The Kier molecular flexibility index (Phi) is 7.97. The number of likely N-dealkylation sites (tertiary alicyclic amines) is 1. The molecule has 0 spiro atoms. The van der Waals surface area contributed by atoms with E-state index >= 15 is 0 Å². The van der Waals surface area contributed by atoms with Gasteiger partial charge in [0.1, 0.15) is 0 Å². The van der Waals surface area contributed by atoms with Gasteiger partial charge in [-0.05, 0) is 50.7 Å². The van der Waals surface area contributed by atoms with Crippen molar-refractivity contribution in [3.05, 3.63) is 29.8 Å². The van der Waals surface area contributed by atoms with Crippen LogP contribution < -0.4 is 10.6 Å². The maximum Gasteiger partial charge on any atom is 0.253 e. The highest BCUT2D eigenvalue weighted by molar-refractivity contribution is 6.04. The highest BCUT2D eigenvalue weighted by atomic mass is 16.5. The molecule has 0 bridgehead atoms. The molecule has 3 fully saturated rings. The Labute approximate surface area is 186 Å². The summed E-state index contributed by atoms with van der Waals surface area (Å²) in [4.78, 5) is 27.6. The van der Waals surface area contributed by atoms with Gasteiger partial charge in [0.2, 0.25) is 5.91 Å². The molecule has 0 aromatic heterocycles. The molecule has 31 heavy (non-hydrogen) atoms. The van der Waals surface area contributed by atoms with E-state index in [2.05, 4.69) is 15.5 Å². The van der Waals surface area contributed by atoms with Crippen molar-refractivity contribution in [3.8, 4) is 0 Å². The van der Waals surface area contributed by atoms with Gasteiger partial charge in [-0.25, -0.2) is 0 Å². The molecule has 1 heterocycles. The van der Waals surface area contributed by atoms with Crippen LogP contribution in [0.4, 0.5) is 5.69 Å². The molecule has 1 aromatic carbocycles. The summed E-state index contributed by atoms with van der Waals surface area (Å²) in [7, 11) is 0. The third-order valence-corrected chi connectivity index (χ3v) is 6.98. The van der Waals surface area contributed by atoms with Crippen LogP contribution in [0.1, 0.15) is 81.0 Å². The zero-order valence-corrected chi connectivity index (χ0v) is 18.6. The highest BCUT2D eigenvalue weighted by Crippen LogP contribution is 2.25. The molecule has 4 rings (SSSR count). The molecule has 2 N–H and O–H groups in total. The number of benzene rings is 1. The summed E-state index contributed by atoms with van der Waals surface area (Å²) in [5, 5.41) is 6.08. The maximum absolute atomic E-state index is 12.7. The van der Waals surface area contributed by atoms with Gasteiger partial charge in [0.25, 0.3) is 5.91 Å². The van der Waals surface area contributed by atoms with Crippen LogP contribution in [-0.4, -0.2) is 54.6 Å². The van der Waals surface area contributed by atoms with Gasteiger partial charge in [-0.1, -0.05) is 44.2 Å². The molecule has 1 aliphatic heterocycles. The number of piperidine rings is 1. The Bertz CT molecular complexity index is 733. The van der Waals surface area contributed by atoms with Crippen LogP contribution in [0.5, 0.6) is 0 Å². The van der Waals surface area contributed by atoms with Crippen LogP contribution in [0, 0.1) is 0 Å². The topological polar surface area (TPSA) is 70.7 Å². The van der Waals surface area contributed by atoms with Gasteiger partial charge in [0.15, 0.2) is 0 Å². The van der Waals surface area contributed by atoms with E-state index in [4.69, 9.17) is 4.74 Å². The smallest absolute Gasteiger partial charge is 0.253 e. The van der Waals surface area contributed by atoms with E-state index < -0.39 is 0 Å². The first-order valence-electron chi connectivity index (χ1n) is 12.2. The predicted molar refractivity (Wildman–Crippen MR) is 122 cm³/mol. The standard InChI is InChI=1S/C25H37N3O3/c29-24(18-28-16-14-21(15-17-28)31-20-10-2-1-3-11-20)27-23-13-7-6-12-22(23)25(30)26-19-8-4-5-9-19/h6-7,12-13,19-21H,1-5,8-11,14-18H2,(H,26,30)(H,27,29). The van der Waals surface area contributed by atoms with E-state index in [0.29, 0.717) is 30.0 Å². The molecule has 2 aliphatic carbocycles. The Morgan fingerprint density at radius 3 is 2.26 bits per heavy atom. The van der Waals surface area contributed by atoms with Crippen molar-refractivity contribution in [1.82, 2.24) is 10.2 Å². The van der Waals surface area contributed by atoms with Crippen LogP contribution in [-0.2, 0) is 9.53 Å². The maximum atomic E-state index is 12.7. The zero-order valence-electron chi connectivity index (χ0n) is 18.6. The Morgan fingerprint density at radius 2 is 1.52 bits per heavy atom. The number of hydrogen-bond donors (Lipinski definition) is 2. The van der Waals surface area contributed by atoms with Gasteiger partial charge in [-0.2, -0.15) is 0 Å². The summed E-state index contributed by atoms with van der Waals surface area (Å²) >= 11 is 0. The molecule has 2 saturated carbocycles. The third-order valence-electron chi connectivity index (χ3n) is 6.98. The van der Waals surface area contributed by atoms with Crippen LogP contribution in [0.25, 0.3) is 0 Å². The number of nitrogens with one attached hydrogen (secondary N) is 2. The molecule has 0 radical (unpaired) electrons. The average Bonchev–Trinajstić information content (AvgIpc) is 3.29. The molecule has 0 atom stereocenters. The van der Waals surface area contributed by atoms with E-state index in [1.54, 1.807) is 6.07 Å². The summed E-state index contributed by atoms with van der Waals surface area (Å²) in [6.45, 7) is 2.12.